The molecule has 0 saturated carbocycles. The first-order valence-corrected chi connectivity index (χ1v) is 6.90. The Morgan fingerprint density at radius 2 is 2.31 bits per heavy atom. The summed E-state index contributed by atoms with van der Waals surface area (Å²) in [6, 6.07) is -0.124. The fourth-order valence-electron chi connectivity index (χ4n) is 1.70. The second-order valence-electron chi connectivity index (χ2n) is 3.82. The summed E-state index contributed by atoms with van der Waals surface area (Å²) in [5.41, 5.74) is 2.38. The van der Waals surface area contributed by atoms with E-state index in [1.54, 1.807) is 0 Å². The summed E-state index contributed by atoms with van der Waals surface area (Å²) < 4.78 is 24.0. The van der Waals surface area contributed by atoms with Crippen LogP contribution in [0.15, 0.2) is 18.4 Å². The van der Waals surface area contributed by atoms with Gasteiger partial charge in [0.25, 0.3) is 5.91 Å². The number of carbonyl (C=O) groups is 1. The first-order valence-electron chi connectivity index (χ1n) is 5.05. The standard InChI is InChI=1S/C10H16N2O3S/c1-3-5-10(13)11-9-6-4-7-12(8-9)16(2,14)15/h5,9H,1,4,6-8H2,2H3,(H,11,13). The average Bonchev–Trinajstić information content (AvgIpc) is 2.17. The summed E-state index contributed by atoms with van der Waals surface area (Å²) in [7, 11) is -3.16. The molecule has 0 aromatic heterocycles. The Bertz CT molecular complexity index is 410. The lowest BCUT2D eigenvalue weighted by molar-refractivity contribution is -0.117. The Morgan fingerprint density at radius 3 is 2.88 bits per heavy atom. The van der Waals surface area contributed by atoms with Crippen molar-refractivity contribution in [2.75, 3.05) is 19.3 Å². The van der Waals surface area contributed by atoms with Crippen LogP contribution in [0.4, 0.5) is 0 Å². The maximum Gasteiger partial charge on any atom is 0.251 e. The molecule has 0 radical (unpaired) electrons. The molecule has 1 rings (SSSR count). The molecule has 0 aromatic carbocycles. The van der Waals surface area contributed by atoms with Crippen LogP contribution >= 0.6 is 0 Å². The molecule has 1 saturated heterocycles. The molecule has 1 N–H and O–H groups in total. The van der Waals surface area contributed by atoms with E-state index in [2.05, 4.69) is 17.6 Å². The zero-order chi connectivity index (χ0) is 12.2. The van der Waals surface area contributed by atoms with Crippen molar-refractivity contribution in [3.63, 3.8) is 0 Å². The van der Waals surface area contributed by atoms with Gasteiger partial charge in [-0.25, -0.2) is 12.7 Å². The van der Waals surface area contributed by atoms with Crippen molar-refractivity contribution in [3.8, 4) is 0 Å². The minimum Gasteiger partial charge on any atom is -0.348 e. The number of hydrogen-bond acceptors (Lipinski definition) is 3. The van der Waals surface area contributed by atoms with Crippen LogP contribution in [0.5, 0.6) is 0 Å². The van der Waals surface area contributed by atoms with Crippen LogP contribution < -0.4 is 5.32 Å². The number of nitrogens with zero attached hydrogens (tertiary/aromatic N) is 1. The summed E-state index contributed by atoms with van der Waals surface area (Å²) in [4.78, 5) is 11.2. The number of nitrogens with one attached hydrogen (secondary N) is 1. The highest BCUT2D eigenvalue weighted by Crippen LogP contribution is 2.12. The lowest BCUT2D eigenvalue weighted by Gasteiger charge is -2.31. The topological polar surface area (TPSA) is 66.5 Å². The van der Waals surface area contributed by atoms with Gasteiger partial charge in [-0.2, -0.15) is 0 Å². The van der Waals surface area contributed by atoms with Gasteiger partial charge in [0.2, 0.25) is 10.0 Å². The lowest BCUT2D eigenvalue weighted by atomic mass is 10.1. The summed E-state index contributed by atoms with van der Waals surface area (Å²) in [6.45, 7) is 4.17. The van der Waals surface area contributed by atoms with Crippen molar-refractivity contribution in [1.82, 2.24) is 9.62 Å². The first kappa shape index (κ1) is 13.0. The molecule has 0 bridgehead atoms. The Balaban J connectivity index is 2.58. The third-order valence-electron chi connectivity index (χ3n) is 2.43. The van der Waals surface area contributed by atoms with Gasteiger partial charge in [-0.3, -0.25) is 4.79 Å². The fourth-order valence-corrected chi connectivity index (χ4v) is 2.61. The van der Waals surface area contributed by atoms with Crippen LogP contribution in [0, 0.1) is 0 Å². The Kier molecular flexibility index (Phi) is 4.29. The zero-order valence-corrected chi connectivity index (χ0v) is 10.1. The summed E-state index contributed by atoms with van der Waals surface area (Å²) in [5, 5.41) is 2.72. The largest absolute Gasteiger partial charge is 0.348 e. The molecule has 1 unspecified atom stereocenters. The van der Waals surface area contributed by atoms with Crippen molar-refractivity contribution >= 4 is 15.9 Å². The third-order valence-corrected chi connectivity index (χ3v) is 3.70. The van der Waals surface area contributed by atoms with E-state index >= 15 is 0 Å². The van der Waals surface area contributed by atoms with Gasteiger partial charge in [0.15, 0.2) is 0 Å². The molecule has 90 valence electrons. The summed E-state index contributed by atoms with van der Waals surface area (Å²) >= 11 is 0. The van der Waals surface area contributed by atoms with Crippen LogP contribution in [-0.2, 0) is 14.8 Å². The molecule has 1 aliphatic heterocycles. The molecule has 1 aliphatic rings. The van der Waals surface area contributed by atoms with Crippen LogP contribution in [0.1, 0.15) is 12.8 Å². The predicted octanol–water partition coefficient (Wildman–Crippen LogP) is -0.132. The number of rotatable bonds is 3. The third kappa shape index (κ3) is 3.81. The normalized spacial score (nSPS) is 22.2. The van der Waals surface area contributed by atoms with E-state index in [0.29, 0.717) is 13.1 Å². The maximum absolute atomic E-state index is 11.3. The Labute approximate surface area is 95.9 Å². The molecular weight excluding hydrogens is 228 g/mol. The average molecular weight is 244 g/mol. The molecule has 0 spiro atoms. The van der Waals surface area contributed by atoms with Gasteiger partial charge in [0, 0.05) is 25.2 Å². The van der Waals surface area contributed by atoms with Crippen LogP contribution in [0.25, 0.3) is 0 Å². The highest BCUT2D eigenvalue weighted by atomic mass is 32.2. The number of carbonyl (C=O) groups excluding carboxylic acids is 1. The molecule has 1 fully saturated rings. The molecule has 0 aromatic rings. The molecule has 5 nitrogen and oxygen atoms in total. The number of amides is 1. The van der Waals surface area contributed by atoms with E-state index in [1.165, 1.54) is 16.6 Å². The van der Waals surface area contributed by atoms with E-state index in [9.17, 15) is 13.2 Å². The highest BCUT2D eigenvalue weighted by Gasteiger charge is 2.26. The van der Waals surface area contributed by atoms with E-state index in [4.69, 9.17) is 0 Å². The van der Waals surface area contributed by atoms with E-state index in [0.717, 1.165) is 12.8 Å². The van der Waals surface area contributed by atoms with Gasteiger partial charge < -0.3 is 5.32 Å². The number of piperidine rings is 1. The minimum absolute atomic E-state index is 0.124. The van der Waals surface area contributed by atoms with Gasteiger partial charge in [0.1, 0.15) is 0 Å². The molecule has 1 atom stereocenters. The number of sulfonamides is 1. The summed E-state index contributed by atoms with van der Waals surface area (Å²) in [5.74, 6) is -0.282. The zero-order valence-electron chi connectivity index (χ0n) is 9.27. The molecular formula is C10H16N2O3S. The van der Waals surface area contributed by atoms with Gasteiger partial charge in [-0.05, 0) is 12.8 Å². The second kappa shape index (κ2) is 5.30. The SMILES string of the molecule is C=C=CC(=O)NC1CCCN(S(C)(=O)=O)C1. The Morgan fingerprint density at radius 1 is 1.62 bits per heavy atom. The quantitative estimate of drug-likeness (QED) is 0.555. The Hall–Kier alpha value is -1.10. The van der Waals surface area contributed by atoms with Gasteiger partial charge >= 0.3 is 0 Å². The maximum atomic E-state index is 11.3. The van der Waals surface area contributed by atoms with Crippen molar-refractivity contribution in [1.29, 1.82) is 0 Å². The van der Waals surface area contributed by atoms with Crippen molar-refractivity contribution < 1.29 is 13.2 Å². The van der Waals surface area contributed by atoms with Gasteiger partial charge in [-0.15, -0.1) is 5.73 Å². The van der Waals surface area contributed by atoms with Crippen LogP contribution in [0.2, 0.25) is 0 Å². The van der Waals surface area contributed by atoms with Crippen molar-refractivity contribution in [2.45, 2.75) is 18.9 Å². The summed E-state index contributed by atoms with van der Waals surface area (Å²) in [6.07, 6.45) is 3.94. The van der Waals surface area contributed by atoms with Crippen molar-refractivity contribution in [3.05, 3.63) is 18.4 Å². The second-order valence-corrected chi connectivity index (χ2v) is 5.80. The molecule has 16 heavy (non-hydrogen) atoms. The van der Waals surface area contributed by atoms with Crippen LogP contribution in [-0.4, -0.2) is 44.0 Å². The predicted molar refractivity (Wildman–Crippen MR) is 61.3 cm³/mol. The molecule has 1 amide bonds. The van der Waals surface area contributed by atoms with E-state index in [-0.39, 0.29) is 11.9 Å². The first-order chi connectivity index (χ1) is 7.43. The lowest BCUT2D eigenvalue weighted by Crippen LogP contribution is -2.48. The van der Waals surface area contributed by atoms with Gasteiger partial charge in [0.05, 0.1) is 6.26 Å². The van der Waals surface area contributed by atoms with Crippen LogP contribution in [0.3, 0.4) is 0 Å². The number of hydrogen-bond donors (Lipinski definition) is 1. The highest BCUT2D eigenvalue weighted by molar-refractivity contribution is 7.88. The molecule has 0 aliphatic carbocycles. The molecule has 6 heteroatoms. The fraction of sp³-hybridized carbons (Fsp3) is 0.600. The monoisotopic (exact) mass is 244 g/mol. The van der Waals surface area contributed by atoms with Crippen molar-refractivity contribution in [2.24, 2.45) is 0 Å². The minimum atomic E-state index is -3.16. The smallest absolute Gasteiger partial charge is 0.251 e. The van der Waals surface area contributed by atoms with E-state index in [1.807, 2.05) is 0 Å². The molecule has 1 heterocycles. The van der Waals surface area contributed by atoms with E-state index < -0.39 is 10.0 Å². The van der Waals surface area contributed by atoms with Gasteiger partial charge in [-0.1, -0.05) is 6.58 Å².